The van der Waals surface area contributed by atoms with E-state index in [1.54, 1.807) is 0 Å². The molecule has 0 aliphatic rings. The molecule has 0 unspecified atom stereocenters. The third-order valence-electron chi connectivity index (χ3n) is 3.30. The van der Waals surface area contributed by atoms with Crippen LogP contribution in [-0.4, -0.2) is 31.8 Å². The minimum absolute atomic E-state index is 0.00643. The van der Waals surface area contributed by atoms with E-state index < -0.39 is 49.3 Å². The van der Waals surface area contributed by atoms with Gasteiger partial charge in [-0.3, -0.25) is 35.1 Å². The fourth-order valence-electron chi connectivity index (χ4n) is 2.11. The summed E-state index contributed by atoms with van der Waals surface area (Å²) in [5.41, 5.74) is -4.22. The number of nitro groups is 3. The standard InChI is InChI=1S/C14H8N4O9/c19-13(15-8-3-1-7(2-4-8)14(20)21)12-10(17(24)25)5-9(16(22)23)6-11(12)18(26)27/h1-6H,(H,15,19)(H,20,21). The fourth-order valence-corrected chi connectivity index (χ4v) is 2.11. The van der Waals surface area contributed by atoms with E-state index in [1.807, 2.05) is 0 Å². The molecule has 0 atom stereocenters. The van der Waals surface area contributed by atoms with E-state index in [0.717, 1.165) is 12.1 Å². The number of hydrogen-bond acceptors (Lipinski definition) is 8. The van der Waals surface area contributed by atoms with Gasteiger partial charge in [-0.2, -0.15) is 0 Å². The molecule has 0 aromatic heterocycles. The number of nitro benzene ring substituents is 3. The van der Waals surface area contributed by atoms with E-state index in [0.29, 0.717) is 12.1 Å². The summed E-state index contributed by atoms with van der Waals surface area (Å²) in [6.07, 6.45) is 0. The number of benzene rings is 2. The SMILES string of the molecule is O=C(O)c1ccc(NC(=O)c2c([N+](=O)[O-])cc([N+](=O)[O-])cc2[N+](=O)[O-])cc1. The first-order chi connectivity index (χ1) is 12.6. The Morgan fingerprint density at radius 2 is 1.33 bits per heavy atom. The van der Waals surface area contributed by atoms with Crippen LogP contribution in [0, 0.1) is 30.3 Å². The van der Waals surface area contributed by atoms with Crippen molar-refractivity contribution in [2.75, 3.05) is 5.32 Å². The maximum absolute atomic E-state index is 12.4. The van der Waals surface area contributed by atoms with Gasteiger partial charge in [0.15, 0.2) is 5.56 Å². The van der Waals surface area contributed by atoms with Crippen LogP contribution in [0.3, 0.4) is 0 Å². The van der Waals surface area contributed by atoms with Crippen LogP contribution in [0.15, 0.2) is 36.4 Å². The topological polar surface area (TPSA) is 196 Å². The Morgan fingerprint density at radius 3 is 1.70 bits per heavy atom. The van der Waals surface area contributed by atoms with Gasteiger partial charge >= 0.3 is 5.97 Å². The predicted molar refractivity (Wildman–Crippen MR) is 87.8 cm³/mol. The number of nitrogens with one attached hydrogen (secondary N) is 1. The Bertz CT molecular complexity index is 950. The lowest BCUT2D eigenvalue weighted by molar-refractivity contribution is -0.403. The summed E-state index contributed by atoms with van der Waals surface area (Å²) in [6.45, 7) is 0. The second-order valence-corrected chi connectivity index (χ2v) is 4.97. The molecule has 2 N–H and O–H groups in total. The van der Waals surface area contributed by atoms with Crippen LogP contribution < -0.4 is 5.32 Å². The number of rotatable bonds is 6. The molecule has 2 aromatic carbocycles. The van der Waals surface area contributed by atoms with E-state index >= 15 is 0 Å². The van der Waals surface area contributed by atoms with Gasteiger partial charge in [0.1, 0.15) is 0 Å². The molecular weight excluding hydrogens is 368 g/mol. The largest absolute Gasteiger partial charge is 0.478 e. The smallest absolute Gasteiger partial charge is 0.335 e. The molecule has 0 saturated carbocycles. The van der Waals surface area contributed by atoms with Gasteiger partial charge in [-0.25, -0.2) is 4.79 Å². The highest BCUT2D eigenvalue weighted by Crippen LogP contribution is 2.34. The molecule has 27 heavy (non-hydrogen) atoms. The average molecular weight is 376 g/mol. The lowest BCUT2D eigenvalue weighted by Gasteiger charge is -2.07. The number of nitrogens with zero attached hydrogens (tertiary/aromatic N) is 3. The van der Waals surface area contributed by atoms with Gasteiger partial charge in [-0.05, 0) is 24.3 Å². The molecule has 0 radical (unpaired) electrons. The first kappa shape index (κ1) is 18.9. The molecule has 13 heteroatoms. The highest BCUT2D eigenvalue weighted by Gasteiger charge is 2.35. The maximum atomic E-state index is 12.4. The van der Waals surface area contributed by atoms with Crippen molar-refractivity contribution >= 4 is 34.6 Å². The highest BCUT2D eigenvalue weighted by molar-refractivity contribution is 6.10. The van der Waals surface area contributed by atoms with Gasteiger partial charge in [0.2, 0.25) is 0 Å². The normalized spacial score (nSPS) is 10.1. The van der Waals surface area contributed by atoms with Gasteiger partial charge in [0.25, 0.3) is 23.0 Å². The van der Waals surface area contributed by atoms with Gasteiger partial charge in [0.05, 0.1) is 32.5 Å². The number of amides is 1. The molecule has 0 saturated heterocycles. The van der Waals surface area contributed by atoms with Crippen LogP contribution in [0.2, 0.25) is 0 Å². The van der Waals surface area contributed by atoms with Crippen LogP contribution in [-0.2, 0) is 0 Å². The summed E-state index contributed by atoms with van der Waals surface area (Å²) in [6, 6.07) is 5.49. The fraction of sp³-hybridized carbons (Fsp3) is 0. The molecule has 0 fully saturated rings. The van der Waals surface area contributed by atoms with Crippen molar-refractivity contribution < 1.29 is 29.5 Å². The summed E-state index contributed by atoms with van der Waals surface area (Å²) in [7, 11) is 0. The van der Waals surface area contributed by atoms with E-state index in [4.69, 9.17) is 5.11 Å². The van der Waals surface area contributed by atoms with Crippen LogP contribution in [0.4, 0.5) is 22.7 Å². The monoisotopic (exact) mass is 376 g/mol. The molecular formula is C14H8N4O9. The lowest BCUT2D eigenvalue weighted by atomic mass is 10.1. The second kappa shape index (κ2) is 7.22. The summed E-state index contributed by atoms with van der Waals surface area (Å²) >= 11 is 0. The van der Waals surface area contributed by atoms with Crippen molar-refractivity contribution in [2.24, 2.45) is 0 Å². The highest BCUT2D eigenvalue weighted by atomic mass is 16.6. The van der Waals surface area contributed by atoms with Gasteiger partial charge in [-0.15, -0.1) is 0 Å². The van der Waals surface area contributed by atoms with E-state index in [9.17, 15) is 39.9 Å². The molecule has 0 heterocycles. The minimum Gasteiger partial charge on any atom is -0.478 e. The van der Waals surface area contributed by atoms with Crippen LogP contribution in [0.25, 0.3) is 0 Å². The Balaban J connectivity index is 2.53. The Labute approximate surface area is 148 Å². The summed E-state index contributed by atoms with van der Waals surface area (Å²) in [5, 5.41) is 44.1. The molecule has 0 aliphatic heterocycles. The van der Waals surface area contributed by atoms with E-state index in [1.165, 1.54) is 12.1 Å². The molecule has 0 spiro atoms. The Morgan fingerprint density at radius 1 is 0.852 bits per heavy atom. The number of anilines is 1. The number of carbonyl (C=O) groups excluding carboxylic acids is 1. The number of carboxylic acids is 1. The maximum Gasteiger partial charge on any atom is 0.335 e. The molecule has 2 aromatic rings. The molecule has 2 rings (SSSR count). The quantitative estimate of drug-likeness (QED) is 0.561. The van der Waals surface area contributed by atoms with E-state index in [2.05, 4.69) is 5.32 Å². The third-order valence-corrected chi connectivity index (χ3v) is 3.30. The molecule has 0 bridgehead atoms. The van der Waals surface area contributed by atoms with Crippen LogP contribution in [0.1, 0.15) is 20.7 Å². The van der Waals surface area contributed by atoms with Crippen LogP contribution in [0.5, 0.6) is 0 Å². The molecule has 13 nitrogen and oxygen atoms in total. The summed E-state index contributed by atoms with van der Waals surface area (Å²) in [4.78, 5) is 52.9. The molecule has 138 valence electrons. The van der Waals surface area contributed by atoms with Crippen molar-refractivity contribution in [2.45, 2.75) is 0 Å². The second-order valence-electron chi connectivity index (χ2n) is 4.97. The number of carboxylic acid groups (broad SMARTS) is 1. The number of carbonyl (C=O) groups is 2. The summed E-state index contributed by atoms with van der Waals surface area (Å²) in [5.74, 6) is -2.49. The zero-order valence-corrected chi connectivity index (χ0v) is 13.0. The van der Waals surface area contributed by atoms with Crippen molar-refractivity contribution in [1.29, 1.82) is 0 Å². The third kappa shape index (κ3) is 3.98. The Kier molecular flexibility index (Phi) is 5.06. The van der Waals surface area contributed by atoms with E-state index in [-0.39, 0.29) is 11.3 Å². The van der Waals surface area contributed by atoms with Gasteiger partial charge in [0, 0.05) is 5.69 Å². The van der Waals surface area contributed by atoms with Crippen molar-refractivity contribution in [3.8, 4) is 0 Å². The van der Waals surface area contributed by atoms with Crippen molar-refractivity contribution in [1.82, 2.24) is 0 Å². The number of aromatic carboxylic acids is 1. The van der Waals surface area contributed by atoms with Crippen LogP contribution >= 0.6 is 0 Å². The first-order valence-corrected chi connectivity index (χ1v) is 6.87. The number of hydrogen-bond donors (Lipinski definition) is 2. The molecule has 0 aliphatic carbocycles. The Hall–Kier alpha value is -4.42. The number of non-ortho nitro benzene ring substituents is 1. The van der Waals surface area contributed by atoms with Crippen molar-refractivity contribution in [3.63, 3.8) is 0 Å². The van der Waals surface area contributed by atoms with Gasteiger partial charge < -0.3 is 10.4 Å². The summed E-state index contributed by atoms with van der Waals surface area (Å²) < 4.78 is 0. The van der Waals surface area contributed by atoms with Gasteiger partial charge in [-0.1, -0.05) is 0 Å². The lowest BCUT2D eigenvalue weighted by Crippen LogP contribution is -2.16. The van der Waals surface area contributed by atoms with Crippen molar-refractivity contribution in [3.05, 3.63) is 77.9 Å². The minimum atomic E-state index is -1.26. The predicted octanol–water partition coefficient (Wildman–Crippen LogP) is 2.36. The zero-order chi connectivity index (χ0) is 20.3. The average Bonchev–Trinajstić information content (AvgIpc) is 2.60. The first-order valence-electron chi connectivity index (χ1n) is 6.87. The molecule has 1 amide bonds. The zero-order valence-electron chi connectivity index (χ0n) is 13.0.